The highest BCUT2D eigenvalue weighted by Gasteiger charge is 2.24. The van der Waals surface area contributed by atoms with E-state index in [0.29, 0.717) is 37.2 Å². The first kappa shape index (κ1) is 21.7. The summed E-state index contributed by atoms with van der Waals surface area (Å²) >= 11 is 0. The predicted molar refractivity (Wildman–Crippen MR) is 124 cm³/mol. The summed E-state index contributed by atoms with van der Waals surface area (Å²) in [5.41, 5.74) is 2.53. The molecule has 1 saturated heterocycles. The third-order valence-electron chi connectivity index (χ3n) is 6.11. The van der Waals surface area contributed by atoms with E-state index in [1.807, 2.05) is 50.2 Å². The molecule has 1 heterocycles. The third kappa shape index (κ3) is 4.69. The fourth-order valence-electron chi connectivity index (χ4n) is 4.26. The van der Waals surface area contributed by atoms with E-state index in [1.165, 1.54) is 4.90 Å². The van der Waals surface area contributed by atoms with Crippen molar-refractivity contribution in [2.24, 2.45) is 0 Å². The number of carboxylic acid groups (broad SMARTS) is 1. The molecule has 3 aromatic carbocycles. The maximum Gasteiger partial charge on any atom is 0.407 e. The number of rotatable bonds is 5. The first-order chi connectivity index (χ1) is 15.4. The minimum atomic E-state index is -0.891. The maximum atomic E-state index is 13.1. The van der Waals surface area contributed by atoms with Crippen molar-refractivity contribution < 1.29 is 19.4 Å². The van der Waals surface area contributed by atoms with Gasteiger partial charge in [0.05, 0.1) is 6.04 Å². The zero-order valence-corrected chi connectivity index (χ0v) is 18.4. The molecule has 32 heavy (non-hydrogen) atoms. The number of hydrogen-bond donors (Lipinski definition) is 2. The lowest BCUT2D eigenvalue weighted by Gasteiger charge is -2.30. The van der Waals surface area contributed by atoms with Crippen LogP contribution in [0.3, 0.4) is 0 Å². The Balaban J connectivity index is 1.46. The van der Waals surface area contributed by atoms with E-state index in [2.05, 4.69) is 23.5 Å². The topological polar surface area (TPSA) is 78.9 Å². The summed E-state index contributed by atoms with van der Waals surface area (Å²) in [6.07, 6.45) is 0.330. The minimum Gasteiger partial charge on any atom is -0.490 e. The molecule has 0 radical (unpaired) electrons. The summed E-state index contributed by atoms with van der Waals surface area (Å²) in [5.74, 6) is 0.487. The first-order valence-electron chi connectivity index (χ1n) is 11.0. The number of carbonyl (C=O) groups is 2. The summed E-state index contributed by atoms with van der Waals surface area (Å²) in [4.78, 5) is 25.6. The van der Waals surface area contributed by atoms with Crippen LogP contribution in [0.25, 0.3) is 10.8 Å². The molecule has 1 aliphatic heterocycles. The Morgan fingerprint density at radius 3 is 2.53 bits per heavy atom. The average Bonchev–Trinajstić information content (AvgIpc) is 2.80. The largest absolute Gasteiger partial charge is 0.490 e. The maximum absolute atomic E-state index is 13.1. The van der Waals surface area contributed by atoms with Crippen molar-refractivity contribution in [1.29, 1.82) is 0 Å². The van der Waals surface area contributed by atoms with Gasteiger partial charge in [0.1, 0.15) is 11.9 Å². The molecule has 1 atom stereocenters. The van der Waals surface area contributed by atoms with Crippen LogP contribution in [0.5, 0.6) is 5.75 Å². The quantitative estimate of drug-likeness (QED) is 0.584. The Hall–Kier alpha value is -3.54. The number of fused-ring (bicyclic) bond motifs is 1. The number of benzene rings is 3. The molecule has 2 N–H and O–H groups in total. The molecule has 0 spiro atoms. The van der Waals surface area contributed by atoms with Crippen LogP contribution in [0.1, 0.15) is 47.3 Å². The second kappa shape index (κ2) is 9.30. The van der Waals surface area contributed by atoms with Crippen LogP contribution < -0.4 is 10.1 Å². The van der Waals surface area contributed by atoms with Gasteiger partial charge in [0.15, 0.2) is 0 Å². The van der Waals surface area contributed by atoms with E-state index in [4.69, 9.17) is 9.84 Å². The molecule has 166 valence electrons. The molecule has 0 unspecified atom stereocenters. The van der Waals surface area contributed by atoms with Gasteiger partial charge in [-0.05, 0) is 47.9 Å². The Morgan fingerprint density at radius 2 is 1.78 bits per heavy atom. The van der Waals surface area contributed by atoms with Crippen molar-refractivity contribution in [3.8, 4) is 5.75 Å². The van der Waals surface area contributed by atoms with Crippen molar-refractivity contribution >= 4 is 22.8 Å². The summed E-state index contributed by atoms with van der Waals surface area (Å²) in [5, 5.41) is 14.5. The smallest absolute Gasteiger partial charge is 0.407 e. The van der Waals surface area contributed by atoms with Crippen molar-refractivity contribution in [3.63, 3.8) is 0 Å². The number of nitrogens with zero attached hydrogens (tertiary/aromatic N) is 1. The van der Waals surface area contributed by atoms with Gasteiger partial charge in [-0.1, -0.05) is 48.5 Å². The van der Waals surface area contributed by atoms with Gasteiger partial charge in [-0.3, -0.25) is 4.79 Å². The number of ether oxygens (including phenoxy) is 1. The molecular weight excluding hydrogens is 404 g/mol. The fourth-order valence-corrected chi connectivity index (χ4v) is 4.26. The molecule has 3 aromatic rings. The van der Waals surface area contributed by atoms with Gasteiger partial charge in [0.25, 0.3) is 5.91 Å². The molecule has 0 aromatic heterocycles. The van der Waals surface area contributed by atoms with Gasteiger partial charge < -0.3 is 20.1 Å². The highest BCUT2D eigenvalue weighted by molar-refractivity contribution is 5.96. The second-order valence-corrected chi connectivity index (χ2v) is 8.33. The highest BCUT2D eigenvalue weighted by atomic mass is 16.5. The molecule has 6 nitrogen and oxygen atoms in total. The lowest BCUT2D eigenvalue weighted by molar-refractivity contribution is 0.0883. The number of aryl methyl sites for hydroxylation is 1. The van der Waals surface area contributed by atoms with Gasteiger partial charge in [0, 0.05) is 31.5 Å². The second-order valence-electron chi connectivity index (χ2n) is 8.33. The van der Waals surface area contributed by atoms with Gasteiger partial charge in [-0.25, -0.2) is 4.79 Å². The van der Waals surface area contributed by atoms with Crippen molar-refractivity contribution in [2.75, 3.05) is 13.1 Å². The monoisotopic (exact) mass is 432 g/mol. The van der Waals surface area contributed by atoms with Gasteiger partial charge in [-0.15, -0.1) is 0 Å². The molecule has 0 aliphatic carbocycles. The Kier molecular flexibility index (Phi) is 6.30. The molecule has 2 amide bonds. The van der Waals surface area contributed by atoms with E-state index in [0.717, 1.165) is 21.9 Å². The summed E-state index contributed by atoms with van der Waals surface area (Å²) < 4.78 is 6.08. The van der Waals surface area contributed by atoms with Crippen LogP contribution in [0.2, 0.25) is 0 Å². The molecule has 0 saturated carbocycles. The first-order valence-corrected chi connectivity index (χ1v) is 11.0. The molecular formula is C26H28N2O4. The van der Waals surface area contributed by atoms with E-state index in [1.54, 1.807) is 6.07 Å². The standard InChI is InChI=1S/C26H28N2O4/c1-17-10-11-21(32-20-12-14-28(15-13-20)26(30)31)16-24(17)25(29)27-18(2)22-9-5-7-19-6-3-4-8-23(19)22/h3-11,16,18,20H,12-15H2,1-2H3,(H,27,29)(H,30,31)/t18-/m1/s1. The average molecular weight is 433 g/mol. The number of piperidine rings is 1. The summed E-state index contributed by atoms with van der Waals surface area (Å²) in [6, 6.07) is 19.7. The molecule has 4 rings (SSSR count). The minimum absolute atomic E-state index is 0.0566. The van der Waals surface area contributed by atoms with Crippen LogP contribution in [-0.2, 0) is 0 Å². The van der Waals surface area contributed by atoms with Crippen molar-refractivity contribution in [2.45, 2.75) is 38.8 Å². The van der Waals surface area contributed by atoms with Crippen LogP contribution in [0.4, 0.5) is 4.79 Å². The van der Waals surface area contributed by atoms with Gasteiger partial charge in [-0.2, -0.15) is 0 Å². The lowest BCUT2D eigenvalue weighted by Crippen LogP contribution is -2.41. The van der Waals surface area contributed by atoms with Crippen molar-refractivity contribution in [1.82, 2.24) is 10.2 Å². The highest BCUT2D eigenvalue weighted by Crippen LogP contribution is 2.26. The van der Waals surface area contributed by atoms with Crippen molar-refractivity contribution in [3.05, 3.63) is 77.4 Å². The Morgan fingerprint density at radius 1 is 1.06 bits per heavy atom. The molecule has 1 aliphatic rings. The molecule has 0 bridgehead atoms. The van der Waals surface area contributed by atoms with Crippen LogP contribution in [0, 0.1) is 6.92 Å². The van der Waals surface area contributed by atoms with Gasteiger partial charge >= 0.3 is 6.09 Å². The predicted octanol–water partition coefficient (Wildman–Crippen LogP) is 5.16. The van der Waals surface area contributed by atoms with Gasteiger partial charge in [0.2, 0.25) is 0 Å². The normalized spacial score (nSPS) is 15.4. The molecule has 6 heteroatoms. The number of likely N-dealkylation sites (tertiary alicyclic amines) is 1. The van der Waals surface area contributed by atoms with Crippen LogP contribution in [-0.4, -0.2) is 41.2 Å². The lowest BCUT2D eigenvalue weighted by atomic mass is 9.99. The van der Waals surface area contributed by atoms with Crippen LogP contribution in [0.15, 0.2) is 60.7 Å². The number of amides is 2. The zero-order valence-electron chi connectivity index (χ0n) is 18.4. The summed E-state index contributed by atoms with van der Waals surface area (Å²) in [7, 11) is 0. The molecule has 1 fully saturated rings. The number of hydrogen-bond acceptors (Lipinski definition) is 3. The third-order valence-corrected chi connectivity index (χ3v) is 6.11. The summed E-state index contributed by atoms with van der Waals surface area (Å²) in [6.45, 7) is 4.82. The van der Waals surface area contributed by atoms with Crippen LogP contribution >= 0.6 is 0 Å². The Labute approximate surface area is 187 Å². The van der Waals surface area contributed by atoms with E-state index in [-0.39, 0.29) is 18.1 Å². The van der Waals surface area contributed by atoms with E-state index in [9.17, 15) is 9.59 Å². The zero-order chi connectivity index (χ0) is 22.7. The number of carbonyl (C=O) groups excluding carboxylic acids is 1. The van der Waals surface area contributed by atoms with E-state index >= 15 is 0 Å². The fraction of sp³-hybridized carbons (Fsp3) is 0.308. The SMILES string of the molecule is Cc1ccc(OC2CCN(C(=O)O)CC2)cc1C(=O)N[C@H](C)c1cccc2ccccc12. The number of nitrogens with one attached hydrogen (secondary N) is 1. The van der Waals surface area contributed by atoms with E-state index < -0.39 is 6.09 Å². The Bertz CT molecular complexity index is 1130.